The van der Waals surface area contributed by atoms with Crippen LogP contribution in [0.5, 0.6) is 6.01 Å². The van der Waals surface area contributed by atoms with Crippen molar-refractivity contribution in [1.29, 1.82) is 5.26 Å². The van der Waals surface area contributed by atoms with Crippen LogP contribution < -0.4 is 20.7 Å². The molecule has 0 bridgehead atoms. The largest absolute Gasteiger partial charge is 0.467 e. The van der Waals surface area contributed by atoms with Crippen molar-refractivity contribution in [2.24, 2.45) is 0 Å². The van der Waals surface area contributed by atoms with Gasteiger partial charge in [-0.2, -0.15) is 28.4 Å². The van der Waals surface area contributed by atoms with Crippen molar-refractivity contribution in [3.63, 3.8) is 0 Å². The van der Waals surface area contributed by atoms with Crippen LogP contribution in [0.3, 0.4) is 0 Å². The van der Waals surface area contributed by atoms with Gasteiger partial charge in [0.25, 0.3) is 0 Å². The van der Waals surface area contributed by atoms with Crippen LogP contribution in [0.1, 0.15) is 16.7 Å². The molecule has 0 saturated carbocycles. The van der Waals surface area contributed by atoms with E-state index in [2.05, 4.69) is 42.5 Å². The number of hydrogen-bond donors (Lipinski definition) is 3. The SMILES string of the molecule is C=CC(=O)Nc1cc(C)ccc1Nc1nc(Nc2nc(OC)ncc2C#N)ncc1C(F)(F)F. The van der Waals surface area contributed by atoms with Gasteiger partial charge in [0, 0.05) is 6.20 Å². The molecular formula is C21H17F3N8O2. The second-order valence-electron chi connectivity index (χ2n) is 6.68. The highest BCUT2D eigenvalue weighted by molar-refractivity contribution is 6.01. The summed E-state index contributed by atoms with van der Waals surface area (Å²) in [5.74, 6) is -1.48. The molecule has 3 aromatic rings. The van der Waals surface area contributed by atoms with E-state index in [0.29, 0.717) is 6.20 Å². The Bertz CT molecular complexity index is 1290. The third-order valence-electron chi connectivity index (χ3n) is 4.27. The predicted molar refractivity (Wildman–Crippen MR) is 117 cm³/mol. The summed E-state index contributed by atoms with van der Waals surface area (Å²) >= 11 is 0. The molecule has 10 nitrogen and oxygen atoms in total. The average Bonchev–Trinajstić information content (AvgIpc) is 2.80. The Labute approximate surface area is 191 Å². The number of amides is 1. The zero-order valence-electron chi connectivity index (χ0n) is 17.9. The summed E-state index contributed by atoms with van der Waals surface area (Å²) in [4.78, 5) is 27.2. The predicted octanol–water partition coefficient (Wildman–Crippen LogP) is 4.09. The number of halogens is 3. The molecule has 1 aromatic carbocycles. The van der Waals surface area contributed by atoms with Gasteiger partial charge in [-0.25, -0.2) is 9.97 Å². The molecule has 0 spiro atoms. The van der Waals surface area contributed by atoms with Gasteiger partial charge in [-0.05, 0) is 30.7 Å². The molecule has 3 N–H and O–H groups in total. The molecule has 3 rings (SSSR count). The van der Waals surface area contributed by atoms with Crippen LogP contribution in [-0.2, 0) is 11.0 Å². The first-order valence-corrected chi connectivity index (χ1v) is 9.48. The maximum Gasteiger partial charge on any atom is 0.421 e. The lowest BCUT2D eigenvalue weighted by atomic mass is 10.1. The Morgan fingerprint density at radius 3 is 2.56 bits per heavy atom. The fourth-order valence-corrected chi connectivity index (χ4v) is 2.67. The number of methoxy groups -OCH3 is 1. The van der Waals surface area contributed by atoms with Crippen molar-refractivity contribution in [2.45, 2.75) is 13.1 Å². The summed E-state index contributed by atoms with van der Waals surface area (Å²) in [6, 6.07) is 6.49. The van der Waals surface area contributed by atoms with Crippen LogP contribution in [0.15, 0.2) is 43.2 Å². The Hall–Kier alpha value is -4.73. The van der Waals surface area contributed by atoms with E-state index in [9.17, 15) is 23.2 Å². The van der Waals surface area contributed by atoms with Gasteiger partial charge >= 0.3 is 12.2 Å². The highest BCUT2D eigenvalue weighted by Gasteiger charge is 2.35. The first kappa shape index (κ1) is 23.9. The highest BCUT2D eigenvalue weighted by atomic mass is 19.4. The molecule has 13 heteroatoms. The number of nitrogens with one attached hydrogen (secondary N) is 3. The number of ether oxygens (including phenoxy) is 1. The molecule has 0 fully saturated rings. The normalized spacial score (nSPS) is 10.7. The van der Waals surface area contributed by atoms with Gasteiger partial charge in [-0.15, -0.1) is 0 Å². The lowest BCUT2D eigenvalue weighted by Crippen LogP contribution is -2.14. The molecule has 0 radical (unpaired) electrons. The Balaban J connectivity index is 2.05. The number of nitrogens with zero attached hydrogens (tertiary/aromatic N) is 5. The maximum atomic E-state index is 13.7. The van der Waals surface area contributed by atoms with E-state index < -0.39 is 23.5 Å². The molecule has 174 valence electrons. The molecule has 0 aliphatic rings. The van der Waals surface area contributed by atoms with Crippen LogP contribution in [0.2, 0.25) is 0 Å². The van der Waals surface area contributed by atoms with Gasteiger partial charge in [-0.3, -0.25) is 4.79 Å². The quantitative estimate of drug-likeness (QED) is 0.436. The molecule has 2 aromatic heterocycles. The summed E-state index contributed by atoms with van der Waals surface area (Å²) in [5, 5.41) is 17.0. The summed E-state index contributed by atoms with van der Waals surface area (Å²) in [7, 11) is 1.31. The smallest absolute Gasteiger partial charge is 0.421 e. The molecule has 0 aliphatic carbocycles. The zero-order valence-corrected chi connectivity index (χ0v) is 17.9. The van der Waals surface area contributed by atoms with Crippen molar-refractivity contribution in [1.82, 2.24) is 19.9 Å². The third-order valence-corrected chi connectivity index (χ3v) is 4.27. The van der Waals surface area contributed by atoms with Crippen molar-refractivity contribution >= 4 is 34.9 Å². The minimum atomic E-state index is -4.79. The van der Waals surface area contributed by atoms with Crippen molar-refractivity contribution < 1.29 is 22.7 Å². The molecule has 0 aliphatic heterocycles. The molecule has 0 unspecified atom stereocenters. The summed E-state index contributed by atoms with van der Waals surface area (Å²) in [6.45, 7) is 5.12. The Morgan fingerprint density at radius 1 is 1.15 bits per heavy atom. The topological polar surface area (TPSA) is 138 Å². The number of benzene rings is 1. The van der Waals surface area contributed by atoms with Crippen molar-refractivity contribution in [2.75, 3.05) is 23.1 Å². The number of carbonyl (C=O) groups excluding carboxylic acids is 1. The minimum absolute atomic E-state index is 0.00762. The molecule has 2 heterocycles. The zero-order chi connectivity index (χ0) is 24.9. The summed E-state index contributed by atoms with van der Waals surface area (Å²) in [5.41, 5.74) is -0.0317. The fourth-order valence-electron chi connectivity index (χ4n) is 2.67. The van der Waals surface area contributed by atoms with Crippen LogP contribution >= 0.6 is 0 Å². The Morgan fingerprint density at radius 2 is 1.91 bits per heavy atom. The molecule has 34 heavy (non-hydrogen) atoms. The number of nitriles is 1. The minimum Gasteiger partial charge on any atom is -0.467 e. The van der Waals surface area contributed by atoms with Crippen molar-refractivity contribution in [3.05, 3.63) is 59.9 Å². The van der Waals surface area contributed by atoms with Crippen LogP contribution in [0.25, 0.3) is 0 Å². The molecule has 1 amide bonds. The second kappa shape index (κ2) is 9.82. The number of aryl methyl sites for hydroxylation is 1. The summed E-state index contributed by atoms with van der Waals surface area (Å²) < 4.78 is 45.9. The van der Waals surface area contributed by atoms with E-state index in [1.54, 1.807) is 19.1 Å². The van der Waals surface area contributed by atoms with Crippen molar-refractivity contribution in [3.8, 4) is 12.1 Å². The van der Waals surface area contributed by atoms with Gasteiger partial charge in [0.05, 0.1) is 24.7 Å². The number of hydrogen-bond acceptors (Lipinski definition) is 9. The van der Waals surface area contributed by atoms with E-state index in [1.165, 1.54) is 19.4 Å². The van der Waals surface area contributed by atoms with Gasteiger partial charge in [-0.1, -0.05) is 12.6 Å². The molecule has 0 atom stereocenters. The maximum absolute atomic E-state index is 13.7. The fraction of sp³-hybridized carbons (Fsp3) is 0.143. The lowest BCUT2D eigenvalue weighted by Gasteiger charge is -2.17. The van der Waals surface area contributed by atoms with Gasteiger partial charge in [0.15, 0.2) is 5.82 Å². The highest BCUT2D eigenvalue weighted by Crippen LogP contribution is 2.37. The van der Waals surface area contributed by atoms with Crippen LogP contribution in [0.4, 0.5) is 42.1 Å². The average molecular weight is 470 g/mol. The summed E-state index contributed by atoms with van der Waals surface area (Å²) in [6.07, 6.45) is -1.99. The number of carbonyl (C=O) groups is 1. The van der Waals surface area contributed by atoms with Gasteiger partial charge in [0.2, 0.25) is 11.9 Å². The van der Waals surface area contributed by atoms with E-state index in [-0.39, 0.29) is 34.7 Å². The van der Waals surface area contributed by atoms with E-state index in [1.807, 2.05) is 6.07 Å². The number of aromatic nitrogens is 4. The second-order valence-corrected chi connectivity index (χ2v) is 6.68. The molecular weight excluding hydrogens is 453 g/mol. The Kier molecular flexibility index (Phi) is 6.91. The van der Waals surface area contributed by atoms with E-state index >= 15 is 0 Å². The van der Waals surface area contributed by atoms with Gasteiger partial charge in [0.1, 0.15) is 23.0 Å². The van der Waals surface area contributed by atoms with Crippen LogP contribution in [-0.4, -0.2) is 33.0 Å². The lowest BCUT2D eigenvalue weighted by molar-refractivity contribution is -0.137. The van der Waals surface area contributed by atoms with E-state index in [0.717, 1.165) is 11.6 Å². The number of anilines is 5. The number of rotatable bonds is 7. The molecule has 0 saturated heterocycles. The first-order valence-electron chi connectivity index (χ1n) is 9.48. The standard InChI is InChI=1S/C21H17F3N8O2/c1-4-16(33)28-15-7-11(2)5-6-14(15)29-18-13(21(22,23)24)10-26-19(31-18)30-17-12(8-25)9-27-20(32-17)34-3/h4-7,9-10H,1H2,2-3H3,(H,28,33)(H2,26,27,29,30,31,32). The van der Waals surface area contributed by atoms with Crippen LogP contribution in [0, 0.1) is 18.3 Å². The van der Waals surface area contributed by atoms with Gasteiger partial charge < -0.3 is 20.7 Å². The first-order chi connectivity index (χ1) is 16.1. The van der Waals surface area contributed by atoms with E-state index in [4.69, 9.17) is 4.74 Å². The third kappa shape index (κ3) is 5.54. The monoisotopic (exact) mass is 470 g/mol. The number of alkyl halides is 3.